The summed E-state index contributed by atoms with van der Waals surface area (Å²) in [6.45, 7) is 0.625. The molecule has 1 fully saturated rings. The van der Waals surface area contributed by atoms with Crippen molar-refractivity contribution in [1.82, 2.24) is 9.88 Å². The molecular formula is C19H19N3O2S3. The lowest BCUT2D eigenvalue weighted by Gasteiger charge is -2.34. The summed E-state index contributed by atoms with van der Waals surface area (Å²) >= 11 is 4.65. The van der Waals surface area contributed by atoms with Crippen molar-refractivity contribution in [3.05, 3.63) is 40.6 Å². The number of carbonyl (C=O) groups is 2. The fraction of sp³-hybridized carbons (Fsp3) is 0.316. The minimum Gasteiger partial charge on any atom is -0.326 e. The Labute approximate surface area is 169 Å². The summed E-state index contributed by atoms with van der Waals surface area (Å²) in [5, 5.41) is 4.89. The maximum Gasteiger partial charge on any atom is 0.264 e. The molecule has 1 aromatic carbocycles. The number of thiophene rings is 1. The predicted octanol–water partition coefficient (Wildman–Crippen LogP) is 4.71. The fourth-order valence-corrected chi connectivity index (χ4v) is 5.49. The first-order valence-electron chi connectivity index (χ1n) is 8.75. The molecule has 2 aromatic heterocycles. The monoisotopic (exact) mass is 417 g/mol. The van der Waals surface area contributed by atoms with Crippen molar-refractivity contribution in [1.29, 1.82) is 0 Å². The third-order valence-electron chi connectivity index (χ3n) is 4.61. The van der Waals surface area contributed by atoms with Crippen molar-refractivity contribution in [3.63, 3.8) is 0 Å². The van der Waals surface area contributed by atoms with Gasteiger partial charge in [0.05, 0.1) is 15.1 Å². The molecule has 0 spiro atoms. The number of carbonyl (C=O) groups excluding carboxylic acids is 2. The summed E-state index contributed by atoms with van der Waals surface area (Å²) in [5.41, 5.74) is 1.69. The van der Waals surface area contributed by atoms with Gasteiger partial charge in [-0.05, 0) is 55.2 Å². The van der Waals surface area contributed by atoms with Gasteiger partial charge < -0.3 is 10.2 Å². The first-order chi connectivity index (χ1) is 13.2. The van der Waals surface area contributed by atoms with Gasteiger partial charge in [0.25, 0.3) is 5.91 Å². The largest absolute Gasteiger partial charge is 0.326 e. The highest BCUT2D eigenvalue weighted by Crippen LogP contribution is 2.30. The number of amides is 2. The van der Waals surface area contributed by atoms with Gasteiger partial charge in [-0.1, -0.05) is 17.8 Å². The number of rotatable bonds is 4. The summed E-state index contributed by atoms with van der Waals surface area (Å²) in [5.74, 6) is -0.166. The van der Waals surface area contributed by atoms with Gasteiger partial charge in [-0.15, -0.1) is 22.7 Å². The lowest BCUT2D eigenvalue weighted by Crippen LogP contribution is -2.49. The normalized spacial score (nSPS) is 17.2. The number of nitrogens with one attached hydrogen (secondary N) is 1. The van der Waals surface area contributed by atoms with Crippen LogP contribution in [0.5, 0.6) is 0 Å². The van der Waals surface area contributed by atoms with Gasteiger partial charge in [0.15, 0.2) is 4.34 Å². The number of thioether (sulfide) groups is 1. The number of hydrogen-bond acceptors (Lipinski definition) is 6. The number of nitrogens with zero attached hydrogens (tertiary/aromatic N) is 2. The Balaban J connectivity index is 1.52. The Morgan fingerprint density at radius 3 is 2.96 bits per heavy atom. The third kappa shape index (κ3) is 3.88. The van der Waals surface area contributed by atoms with E-state index in [1.54, 1.807) is 28.0 Å². The van der Waals surface area contributed by atoms with Crippen LogP contribution in [0, 0.1) is 0 Å². The molecule has 2 amide bonds. The van der Waals surface area contributed by atoms with Crippen LogP contribution in [-0.4, -0.2) is 40.5 Å². The number of piperidine rings is 1. The minimum atomic E-state index is -0.424. The molecule has 1 unspecified atom stereocenters. The zero-order valence-electron chi connectivity index (χ0n) is 14.8. The van der Waals surface area contributed by atoms with Crippen LogP contribution in [0.4, 0.5) is 5.69 Å². The molecule has 1 N–H and O–H groups in total. The molecule has 5 nitrogen and oxygen atoms in total. The lowest BCUT2D eigenvalue weighted by atomic mass is 10.0. The van der Waals surface area contributed by atoms with E-state index >= 15 is 0 Å². The molecule has 1 saturated heterocycles. The standard InChI is InChI=1S/C19H19N3O2S3/c1-25-19-21-13-8-7-12(11-16(13)27-19)20-17(23)14-5-2-3-9-22(14)18(24)15-6-4-10-26-15/h4,6-8,10-11,14H,2-3,5,9H2,1H3,(H,20,23). The van der Waals surface area contributed by atoms with E-state index in [0.29, 0.717) is 17.8 Å². The Kier molecular flexibility index (Phi) is 5.47. The first-order valence-corrected chi connectivity index (χ1v) is 11.7. The highest BCUT2D eigenvalue weighted by atomic mass is 32.2. The van der Waals surface area contributed by atoms with E-state index in [-0.39, 0.29) is 11.8 Å². The second kappa shape index (κ2) is 8.00. The molecule has 1 aliphatic heterocycles. The van der Waals surface area contributed by atoms with Crippen molar-refractivity contribution in [3.8, 4) is 0 Å². The average molecular weight is 418 g/mol. The second-order valence-electron chi connectivity index (χ2n) is 6.34. The molecule has 1 atom stereocenters. The third-order valence-corrected chi connectivity index (χ3v) is 7.47. The number of aromatic nitrogens is 1. The molecule has 4 rings (SSSR count). The van der Waals surface area contributed by atoms with Crippen LogP contribution < -0.4 is 5.32 Å². The van der Waals surface area contributed by atoms with E-state index in [1.165, 1.54) is 11.3 Å². The van der Waals surface area contributed by atoms with E-state index < -0.39 is 6.04 Å². The van der Waals surface area contributed by atoms with Crippen molar-refractivity contribution >= 4 is 62.2 Å². The number of fused-ring (bicyclic) bond motifs is 1. The second-order valence-corrected chi connectivity index (χ2v) is 9.37. The van der Waals surface area contributed by atoms with Gasteiger partial charge in [-0.2, -0.15) is 0 Å². The summed E-state index contributed by atoms with van der Waals surface area (Å²) in [7, 11) is 0. The molecule has 1 aliphatic rings. The Hall–Kier alpha value is -1.90. The van der Waals surface area contributed by atoms with Crippen LogP contribution in [0.3, 0.4) is 0 Å². The number of anilines is 1. The Bertz CT molecular complexity index is 968. The van der Waals surface area contributed by atoms with E-state index in [9.17, 15) is 9.59 Å². The van der Waals surface area contributed by atoms with Crippen LogP contribution in [0.1, 0.15) is 28.9 Å². The number of hydrogen-bond donors (Lipinski definition) is 1. The van der Waals surface area contributed by atoms with Crippen LogP contribution in [0.2, 0.25) is 0 Å². The van der Waals surface area contributed by atoms with Gasteiger partial charge in [0.2, 0.25) is 5.91 Å². The molecule has 3 heterocycles. The summed E-state index contributed by atoms with van der Waals surface area (Å²) in [6, 6.07) is 9.02. The van der Waals surface area contributed by atoms with E-state index in [0.717, 1.165) is 33.1 Å². The molecule has 140 valence electrons. The van der Waals surface area contributed by atoms with E-state index in [2.05, 4.69) is 10.3 Å². The molecular weight excluding hydrogens is 398 g/mol. The molecule has 3 aromatic rings. The van der Waals surface area contributed by atoms with E-state index in [1.807, 2.05) is 42.0 Å². The van der Waals surface area contributed by atoms with Crippen molar-refractivity contribution in [2.45, 2.75) is 29.6 Å². The lowest BCUT2D eigenvalue weighted by molar-refractivity contribution is -0.121. The quantitative estimate of drug-likeness (QED) is 0.624. The zero-order valence-corrected chi connectivity index (χ0v) is 17.3. The summed E-state index contributed by atoms with van der Waals surface area (Å²) in [6.07, 6.45) is 4.59. The number of benzene rings is 1. The summed E-state index contributed by atoms with van der Waals surface area (Å²) < 4.78 is 2.06. The minimum absolute atomic E-state index is 0.0487. The maximum atomic E-state index is 12.9. The van der Waals surface area contributed by atoms with Gasteiger partial charge in [0, 0.05) is 12.2 Å². The van der Waals surface area contributed by atoms with Crippen molar-refractivity contribution < 1.29 is 9.59 Å². The highest BCUT2D eigenvalue weighted by molar-refractivity contribution is 8.00. The van der Waals surface area contributed by atoms with Crippen LogP contribution in [-0.2, 0) is 4.79 Å². The number of thiazole rings is 1. The molecule has 27 heavy (non-hydrogen) atoms. The molecule has 0 aliphatic carbocycles. The van der Waals surface area contributed by atoms with E-state index in [4.69, 9.17) is 0 Å². The van der Waals surface area contributed by atoms with Gasteiger partial charge in [-0.25, -0.2) is 4.98 Å². The SMILES string of the molecule is CSc1nc2ccc(NC(=O)C3CCCCN3C(=O)c3cccs3)cc2s1. The zero-order chi connectivity index (χ0) is 18.8. The molecule has 8 heteroatoms. The van der Waals surface area contributed by atoms with Crippen molar-refractivity contribution in [2.24, 2.45) is 0 Å². The molecule has 0 bridgehead atoms. The maximum absolute atomic E-state index is 12.9. The van der Waals surface area contributed by atoms with Gasteiger partial charge in [-0.3, -0.25) is 9.59 Å². The smallest absolute Gasteiger partial charge is 0.264 e. The van der Waals surface area contributed by atoms with Crippen molar-refractivity contribution in [2.75, 3.05) is 18.1 Å². The Morgan fingerprint density at radius 1 is 1.30 bits per heavy atom. The first kappa shape index (κ1) is 18.5. The fourth-order valence-electron chi connectivity index (χ4n) is 3.28. The molecule has 0 radical (unpaired) electrons. The van der Waals surface area contributed by atoms with Crippen LogP contribution in [0.15, 0.2) is 40.1 Å². The summed E-state index contributed by atoms with van der Waals surface area (Å²) in [4.78, 5) is 32.6. The average Bonchev–Trinajstić information content (AvgIpc) is 3.36. The predicted molar refractivity (Wildman–Crippen MR) is 113 cm³/mol. The molecule has 0 saturated carbocycles. The van der Waals surface area contributed by atoms with Gasteiger partial charge >= 0.3 is 0 Å². The highest BCUT2D eigenvalue weighted by Gasteiger charge is 2.33. The Morgan fingerprint density at radius 2 is 2.19 bits per heavy atom. The van der Waals surface area contributed by atoms with Gasteiger partial charge in [0.1, 0.15) is 6.04 Å². The van der Waals surface area contributed by atoms with Crippen LogP contribution in [0.25, 0.3) is 10.2 Å². The topological polar surface area (TPSA) is 62.3 Å². The number of likely N-dealkylation sites (tertiary alicyclic amines) is 1. The van der Waals surface area contributed by atoms with Crippen LogP contribution >= 0.6 is 34.4 Å².